The Morgan fingerprint density at radius 3 is 2.78 bits per heavy atom. The van der Waals surface area contributed by atoms with Gasteiger partial charge in [0.15, 0.2) is 0 Å². The maximum Gasteiger partial charge on any atom is 0.121 e. The van der Waals surface area contributed by atoms with Gasteiger partial charge in [0.1, 0.15) is 5.75 Å². The summed E-state index contributed by atoms with van der Waals surface area (Å²) in [6.07, 6.45) is 1.16. The third kappa shape index (κ3) is 2.78. The van der Waals surface area contributed by atoms with Gasteiger partial charge in [-0.3, -0.25) is 0 Å². The summed E-state index contributed by atoms with van der Waals surface area (Å²) in [6.45, 7) is 8.87. The van der Waals surface area contributed by atoms with Crippen LogP contribution in [0.2, 0.25) is 0 Å². The highest BCUT2D eigenvalue weighted by molar-refractivity contribution is 5.51. The van der Waals surface area contributed by atoms with E-state index in [9.17, 15) is 0 Å². The molecule has 1 saturated heterocycles. The molecule has 1 aliphatic rings. The minimum Gasteiger partial charge on any atom is -0.496 e. The Balaban J connectivity index is 2.11. The fraction of sp³-hybridized carbons (Fsp3) is 0.600. The van der Waals surface area contributed by atoms with Gasteiger partial charge in [0.05, 0.1) is 7.11 Å². The molecule has 0 saturated carbocycles. The zero-order valence-electron chi connectivity index (χ0n) is 11.8. The van der Waals surface area contributed by atoms with Gasteiger partial charge in [0, 0.05) is 18.3 Å². The first-order valence-corrected chi connectivity index (χ1v) is 6.65. The predicted molar refractivity (Wildman–Crippen MR) is 76.4 cm³/mol. The van der Waals surface area contributed by atoms with Gasteiger partial charge in [-0.05, 0) is 49.1 Å². The minimum absolute atomic E-state index is 0.284. The Bertz CT molecular complexity index is 415. The summed E-state index contributed by atoms with van der Waals surface area (Å²) in [5, 5.41) is 7.13. The maximum atomic E-state index is 5.29. The fourth-order valence-corrected chi connectivity index (χ4v) is 2.61. The van der Waals surface area contributed by atoms with Crippen LogP contribution in [0.1, 0.15) is 25.8 Å². The van der Waals surface area contributed by atoms with Crippen molar-refractivity contribution in [2.45, 2.75) is 33.2 Å². The number of aryl methyl sites for hydroxylation is 1. The second kappa shape index (κ2) is 5.19. The molecule has 0 aliphatic carbocycles. The lowest BCUT2D eigenvalue weighted by Crippen LogP contribution is -2.49. The monoisotopic (exact) mass is 248 g/mol. The lowest BCUT2D eigenvalue weighted by molar-refractivity contribution is 0.236. The zero-order valence-corrected chi connectivity index (χ0v) is 11.8. The number of ether oxygens (including phenoxy) is 1. The molecule has 0 amide bonds. The highest BCUT2D eigenvalue weighted by Gasteiger charge is 2.31. The van der Waals surface area contributed by atoms with Gasteiger partial charge in [0.25, 0.3) is 0 Å². The van der Waals surface area contributed by atoms with Crippen molar-refractivity contribution >= 4 is 5.69 Å². The molecule has 2 N–H and O–H groups in total. The topological polar surface area (TPSA) is 33.3 Å². The number of hydrogen-bond acceptors (Lipinski definition) is 3. The molecule has 0 bridgehead atoms. The number of rotatable bonds is 3. The van der Waals surface area contributed by atoms with Crippen LogP contribution in [0, 0.1) is 12.3 Å². The van der Waals surface area contributed by atoms with Crippen LogP contribution in [0.25, 0.3) is 0 Å². The van der Waals surface area contributed by atoms with E-state index in [1.165, 1.54) is 11.3 Å². The Kier molecular flexibility index (Phi) is 3.81. The summed E-state index contributed by atoms with van der Waals surface area (Å²) >= 11 is 0. The summed E-state index contributed by atoms with van der Waals surface area (Å²) < 4.78 is 5.29. The van der Waals surface area contributed by atoms with Crippen molar-refractivity contribution in [3.05, 3.63) is 23.8 Å². The molecule has 100 valence electrons. The second-order valence-electron chi connectivity index (χ2n) is 5.84. The number of methoxy groups -OCH3 is 1. The van der Waals surface area contributed by atoms with Crippen molar-refractivity contribution < 1.29 is 4.74 Å². The van der Waals surface area contributed by atoms with Gasteiger partial charge in [-0.15, -0.1) is 0 Å². The summed E-state index contributed by atoms with van der Waals surface area (Å²) in [4.78, 5) is 0. The minimum atomic E-state index is 0.284. The van der Waals surface area contributed by atoms with E-state index in [-0.39, 0.29) is 5.41 Å². The van der Waals surface area contributed by atoms with Crippen molar-refractivity contribution in [2.24, 2.45) is 5.41 Å². The number of benzene rings is 1. The number of hydrogen-bond donors (Lipinski definition) is 2. The summed E-state index contributed by atoms with van der Waals surface area (Å²) in [7, 11) is 1.71. The molecule has 2 rings (SSSR count). The maximum absolute atomic E-state index is 5.29. The van der Waals surface area contributed by atoms with Crippen LogP contribution in [0.4, 0.5) is 5.69 Å². The molecular formula is C15H24N2O. The van der Waals surface area contributed by atoms with Gasteiger partial charge in [-0.1, -0.05) is 13.8 Å². The quantitative estimate of drug-likeness (QED) is 0.863. The molecule has 1 aliphatic heterocycles. The molecule has 0 aromatic heterocycles. The average Bonchev–Trinajstić information content (AvgIpc) is 2.32. The van der Waals surface area contributed by atoms with Crippen LogP contribution >= 0.6 is 0 Å². The highest BCUT2D eigenvalue weighted by atomic mass is 16.5. The van der Waals surface area contributed by atoms with E-state index in [1.807, 2.05) is 6.07 Å². The van der Waals surface area contributed by atoms with Gasteiger partial charge >= 0.3 is 0 Å². The zero-order chi connectivity index (χ0) is 13.2. The van der Waals surface area contributed by atoms with E-state index < -0.39 is 0 Å². The van der Waals surface area contributed by atoms with E-state index in [1.54, 1.807) is 7.11 Å². The molecule has 1 heterocycles. The highest BCUT2D eigenvalue weighted by Crippen LogP contribution is 2.29. The molecular weight excluding hydrogens is 224 g/mol. The molecule has 3 nitrogen and oxygen atoms in total. The van der Waals surface area contributed by atoms with Crippen LogP contribution < -0.4 is 15.4 Å². The first-order valence-electron chi connectivity index (χ1n) is 6.65. The molecule has 1 fully saturated rings. The largest absolute Gasteiger partial charge is 0.496 e. The fourth-order valence-electron chi connectivity index (χ4n) is 2.61. The molecule has 1 aromatic carbocycles. The molecule has 18 heavy (non-hydrogen) atoms. The normalized spacial score (nSPS) is 22.6. The Morgan fingerprint density at radius 1 is 1.39 bits per heavy atom. The first-order chi connectivity index (χ1) is 8.53. The van der Waals surface area contributed by atoms with Crippen LogP contribution in [-0.4, -0.2) is 26.2 Å². The summed E-state index contributed by atoms with van der Waals surface area (Å²) in [6, 6.07) is 6.82. The van der Waals surface area contributed by atoms with Gasteiger partial charge in [0.2, 0.25) is 0 Å². The molecule has 1 atom stereocenters. The van der Waals surface area contributed by atoms with Gasteiger partial charge in [-0.25, -0.2) is 0 Å². The first kappa shape index (κ1) is 13.2. The lowest BCUT2D eigenvalue weighted by Gasteiger charge is -2.40. The van der Waals surface area contributed by atoms with Crippen molar-refractivity contribution in [3.63, 3.8) is 0 Å². The van der Waals surface area contributed by atoms with E-state index in [0.29, 0.717) is 6.04 Å². The van der Waals surface area contributed by atoms with Gasteiger partial charge in [-0.2, -0.15) is 0 Å². The number of anilines is 1. The standard InChI is InChI=1S/C15H24N2O/c1-11-9-12(5-6-13(11)18-4)17-14-7-8-16-10-15(14,2)3/h5-6,9,14,16-17H,7-8,10H2,1-4H3. The van der Waals surface area contributed by atoms with Gasteiger partial charge < -0.3 is 15.4 Å². The van der Waals surface area contributed by atoms with E-state index in [0.717, 1.165) is 25.3 Å². The van der Waals surface area contributed by atoms with Crippen molar-refractivity contribution in [2.75, 3.05) is 25.5 Å². The molecule has 0 radical (unpaired) electrons. The average molecular weight is 248 g/mol. The van der Waals surface area contributed by atoms with E-state index >= 15 is 0 Å². The molecule has 1 unspecified atom stereocenters. The Morgan fingerprint density at radius 2 is 2.17 bits per heavy atom. The van der Waals surface area contributed by atoms with Crippen molar-refractivity contribution in [1.82, 2.24) is 5.32 Å². The summed E-state index contributed by atoms with van der Waals surface area (Å²) in [5.41, 5.74) is 2.65. The molecule has 3 heteroatoms. The van der Waals surface area contributed by atoms with Crippen molar-refractivity contribution in [1.29, 1.82) is 0 Å². The van der Waals surface area contributed by atoms with Crippen LogP contribution in [0.5, 0.6) is 5.75 Å². The van der Waals surface area contributed by atoms with E-state index in [4.69, 9.17) is 4.74 Å². The number of nitrogens with one attached hydrogen (secondary N) is 2. The Labute approximate surface area is 110 Å². The predicted octanol–water partition coefficient (Wildman–Crippen LogP) is 2.80. The van der Waals surface area contributed by atoms with Crippen LogP contribution in [-0.2, 0) is 0 Å². The Hall–Kier alpha value is -1.22. The molecule has 0 spiro atoms. The number of piperidine rings is 1. The van der Waals surface area contributed by atoms with Crippen LogP contribution in [0.15, 0.2) is 18.2 Å². The third-order valence-electron chi connectivity index (χ3n) is 3.87. The lowest BCUT2D eigenvalue weighted by atomic mass is 9.80. The second-order valence-corrected chi connectivity index (χ2v) is 5.84. The summed E-state index contributed by atoms with van der Waals surface area (Å²) in [5.74, 6) is 0.949. The third-order valence-corrected chi connectivity index (χ3v) is 3.87. The SMILES string of the molecule is COc1ccc(NC2CCNCC2(C)C)cc1C. The van der Waals surface area contributed by atoms with E-state index in [2.05, 4.69) is 43.5 Å². The smallest absolute Gasteiger partial charge is 0.121 e. The van der Waals surface area contributed by atoms with Crippen molar-refractivity contribution in [3.8, 4) is 5.75 Å². The molecule has 1 aromatic rings. The van der Waals surface area contributed by atoms with Crippen LogP contribution in [0.3, 0.4) is 0 Å².